The lowest BCUT2D eigenvalue weighted by molar-refractivity contribution is -0.133. The number of oxime groups is 1. The number of nitrogens with zero attached hydrogens (tertiary/aromatic N) is 2. The number of amidine groups is 1. The molecular weight excluding hydrogens is 194 g/mol. The van der Waals surface area contributed by atoms with Crippen LogP contribution in [0.1, 0.15) is 26.7 Å². The van der Waals surface area contributed by atoms with Gasteiger partial charge in [-0.15, -0.1) is 0 Å². The van der Waals surface area contributed by atoms with Crippen LogP contribution in [0.25, 0.3) is 0 Å². The van der Waals surface area contributed by atoms with E-state index < -0.39 is 5.92 Å². The van der Waals surface area contributed by atoms with E-state index in [9.17, 15) is 4.79 Å². The molecule has 0 heterocycles. The van der Waals surface area contributed by atoms with Gasteiger partial charge in [-0.25, -0.2) is 0 Å². The van der Waals surface area contributed by atoms with Crippen molar-refractivity contribution in [3.05, 3.63) is 0 Å². The van der Waals surface area contributed by atoms with Crippen molar-refractivity contribution in [1.29, 1.82) is 0 Å². The Balaban J connectivity index is 2.58. The largest absolute Gasteiger partial charge is 0.409 e. The molecular formula is C10H19N3O2. The molecule has 0 radical (unpaired) electrons. The molecule has 1 amide bonds. The fraction of sp³-hybridized carbons (Fsp3) is 0.800. The van der Waals surface area contributed by atoms with Crippen LogP contribution in [-0.4, -0.2) is 34.9 Å². The maximum atomic E-state index is 11.9. The first-order valence-corrected chi connectivity index (χ1v) is 5.23. The average molecular weight is 213 g/mol. The van der Waals surface area contributed by atoms with Crippen LogP contribution in [0.15, 0.2) is 5.16 Å². The summed E-state index contributed by atoms with van der Waals surface area (Å²) in [6.45, 7) is 3.68. The number of carbonyl (C=O) groups is 1. The minimum Gasteiger partial charge on any atom is -0.409 e. The Kier molecular flexibility index (Phi) is 3.55. The SMILES string of the molecule is CC(C(=O)N(C)C(C)C1CC1)C(N)=NO. The first-order valence-electron chi connectivity index (χ1n) is 5.23. The summed E-state index contributed by atoms with van der Waals surface area (Å²) in [6, 6.07) is 0.242. The van der Waals surface area contributed by atoms with Gasteiger partial charge in [-0.05, 0) is 32.6 Å². The monoisotopic (exact) mass is 213 g/mol. The van der Waals surface area contributed by atoms with Gasteiger partial charge >= 0.3 is 0 Å². The molecule has 2 atom stereocenters. The molecule has 1 fully saturated rings. The molecule has 0 aromatic carbocycles. The molecule has 5 nitrogen and oxygen atoms in total. The standard InChI is InChI=1S/C10H19N3O2/c1-6(9(11)12-15)10(14)13(3)7(2)8-4-5-8/h6-8,15H,4-5H2,1-3H3,(H2,11,12). The van der Waals surface area contributed by atoms with E-state index >= 15 is 0 Å². The van der Waals surface area contributed by atoms with Crippen LogP contribution in [0.2, 0.25) is 0 Å². The molecule has 0 aliphatic heterocycles. The Labute approximate surface area is 89.9 Å². The summed E-state index contributed by atoms with van der Waals surface area (Å²) in [4.78, 5) is 13.6. The molecule has 0 saturated heterocycles. The molecule has 0 aromatic rings. The molecule has 0 spiro atoms. The highest BCUT2D eigenvalue weighted by molar-refractivity contribution is 6.01. The van der Waals surface area contributed by atoms with Crippen LogP contribution in [-0.2, 0) is 4.79 Å². The number of hydrogen-bond donors (Lipinski definition) is 2. The predicted molar refractivity (Wildman–Crippen MR) is 57.5 cm³/mol. The first-order chi connectivity index (χ1) is 6.99. The zero-order valence-corrected chi connectivity index (χ0v) is 9.47. The zero-order chi connectivity index (χ0) is 11.6. The molecule has 3 N–H and O–H groups in total. The van der Waals surface area contributed by atoms with Crippen LogP contribution < -0.4 is 5.73 Å². The molecule has 5 heteroatoms. The van der Waals surface area contributed by atoms with E-state index in [0.29, 0.717) is 5.92 Å². The minimum atomic E-state index is -0.554. The first kappa shape index (κ1) is 11.8. The van der Waals surface area contributed by atoms with E-state index in [0.717, 1.165) is 0 Å². The van der Waals surface area contributed by atoms with Crippen LogP contribution in [0.3, 0.4) is 0 Å². The quantitative estimate of drug-likeness (QED) is 0.311. The van der Waals surface area contributed by atoms with E-state index in [1.165, 1.54) is 12.8 Å². The van der Waals surface area contributed by atoms with Crippen molar-refractivity contribution < 1.29 is 10.0 Å². The van der Waals surface area contributed by atoms with Gasteiger partial charge in [-0.1, -0.05) is 5.16 Å². The van der Waals surface area contributed by atoms with Crippen molar-refractivity contribution in [2.24, 2.45) is 22.7 Å². The Bertz CT molecular complexity index is 274. The molecule has 0 bridgehead atoms. The molecule has 15 heavy (non-hydrogen) atoms. The summed E-state index contributed by atoms with van der Waals surface area (Å²) in [5.74, 6) is -0.0563. The molecule has 1 rings (SSSR count). The van der Waals surface area contributed by atoms with Gasteiger partial charge in [0.15, 0.2) is 5.84 Å². The molecule has 1 saturated carbocycles. The summed E-state index contributed by atoms with van der Waals surface area (Å²) in [6.07, 6.45) is 2.38. The molecule has 0 aromatic heterocycles. The lowest BCUT2D eigenvalue weighted by atomic mass is 10.1. The van der Waals surface area contributed by atoms with Gasteiger partial charge in [0.05, 0.1) is 5.92 Å². The summed E-state index contributed by atoms with van der Waals surface area (Å²) in [5, 5.41) is 11.3. The Morgan fingerprint density at radius 1 is 1.53 bits per heavy atom. The second-order valence-corrected chi connectivity index (χ2v) is 4.27. The van der Waals surface area contributed by atoms with Crippen LogP contribution >= 0.6 is 0 Å². The van der Waals surface area contributed by atoms with Crippen LogP contribution in [0.4, 0.5) is 0 Å². The molecule has 1 aliphatic rings. The second kappa shape index (κ2) is 4.51. The third kappa shape index (κ3) is 2.61. The van der Waals surface area contributed by atoms with Gasteiger partial charge in [-0.2, -0.15) is 0 Å². The molecule has 1 aliphatic carbocycles. The minimum absolute atomic E-state index is 0.0325. The van der Waals surface area contributed by atoms with E-state index in [1.54, 1.807) is 18.9 Å². The fourth-order valence-corrected chi connectivity index (χ4v) is 1.61. The lowest BCUT2D eigenvalue weighted by Crippen LogP contribution is -2.43. The van der Waals surface area contributed by atoms with Gasteiger partial charge in [-0.3, -0.25) is 4.79 Å². The number of hydrogen-bond acceptors (Lipinski definition) is 3. The lowest BCUT2D eigenvalue weighted by Gasteiger charge is -2.27. The Morgan fingerprint density at radius 2 is 2.07 bits per heavy atom. The van der Waals surface area contributed by atoms with Gasteiger partial charge in [0.25, 0.3) is 0 Å². The zero-order valence-electron chi connectivity index (χ0n) is 9.47. The molecule has 86 valence electrons. The van der Waals surface area contributed by atoms with E-state index in [4.69, 9.17) is 10.9 Å². The average Bonchev–Trinajstić information content (AvgIpc) is 3.07. The predicted octanol–water partition coefficient (Wildman–Crippen LogP) is 0.626. The number of nitrogens with two attached hydrogens (primary N) is 1. The van der Waals surface area contributed by atoms with Gasteiger partial charge in [0.1, 0.15) is 0 Å². The van der Waals surface area contributed by atoms with Crippen molar-refractivity contribution in [3.8, 4) is 0 Å². The number of carbonyl (C=O) groups excluding carboxylic acids is 1. The van der Waals surface area contributed by atoms with E-state index in [-0.39, 0.29) is 17.8 Å². The highest BCUT2D eigenvalue weighted by atomic mass is 16.4. The van der Waals surface area contributed by atoms with Crippen molar-refractivity contribution in [3.63, 3.8) is 0 Å². The van der Waals surface area contributed by atoms with Gasteiger partial charge in [0.2, 0.25) is 5.91 Å². The highest BCUT2D eigenvalue weighted by Gasteiger charge is 2.34. The van der Waals surface area contributed by atoms with E-state index in [2.05, 4.69) is 5.16 Å². The Morgan fingerprint density at radius 3 is 2.47 bits per heavy atom. The number of amides is 1. The van der Waals surface area contributed by atoms with Gasteiger partial charge < -0.3 is 15.8 Å². The normalized spacial score (nSPS) is 20.9. The Hall–Kier alpha value is -1.26. The van der Waals surface area contributed by atoms with Crippen LogP contribution in [0, 0.1) is 11.8 Å². The smallest absolute Gasteiger partial charge is 0.233 e. The number of rotatable bonds is 4. The van der Waals surface area contributed by atoms with Gasteiger partial charge in [0, 0.05) is 13.1 Å². The maximum absolute atomic E-state index is 11.9. The maximum Gasteiger partial charge on any atom is 0.233 e. The summed E-state index contributed by atoms with van der Waals surface area (Å²) >= 11 is 0. The fourth-order valence-electron chi connectivity index (χ4n) is 1.61. The van der Waals surface area contributed by atoms with Crippen molar-refractivity contribution in [1.82, 2.24) is 4.90 Å². The summed E-state index contributed by atoms with van der Waals surface area (Å²) in [5.41, 5.74) is 5.40. The van der Waals surface area contributed by atoms with E-state index in [1.807, 2.05) is 6.92 Å². The summed E-state index contributed by atoms with van der Waals surface area (Å²) < 4.78 is 0. The van der Waals surface area contributed by atoms with Crippen molar-refractivity contribution in [2.75, 3.05) is 7.05 Å². The topological polar surface area (TPSA) is 78.9 Å². The van der Waals surface area contributed by atoms with Crippen molar-refractivity contribution in [2.45, 2.75) is 32.7 Å². The van der Waals surface area contributed by atoms with Crippen LogP contribution in [0.5, 0.6) is 0 Å². The third-order valence-electron chi connectivity index (χ3n) is 3.19. The van der Waals surface area contributed by atoms with Crippen molar-refractivity contribution >= 4 is 11.7 Å². The third-order valence-corrected chi connectivity index (χ3v) is 3.19. The highest BCUT2D eigenvalue weighted by Crippen LogP contribution is 2.34. The summed E-state index contributed by atoms with van der Waals surface area (Å²) in [7, 11) is 1.77. The second-order valence-electron chi connectivity index (χ2n) is 4.27. The molecule has 2 unspecified atom stereocenters.